The summed E-state index contributed by atoms with van der Waals surface area (Å²) in [7, 11) is 1.71. The maximum atomic E-state index is 13.4. The van der Waals surface area contributed by atoms with Crippen LogP contribution >= 0.6 is 35.3 Å². The molecule has 0 radical (unpaired) electrons. The smallest absolute Gasteiger partial charge is 0.224 e. The lowest BCUT2D eigenvalue weighted by molar-refractivity contribution is 0.450. The third kappa shape index (κ3) is 6.91. The third-order valence-corrected chi connectivity index (χ3v) is 4.97. The monoisotopic (exact) mass is 541 g/mol. The predicted molar refractivity (Wildman–Crippen MR) is 129 cm³/mol. The molecule has 0 aliphatic carbocycles. The van der Waals surface area contributed by atoms with E-state index in [4.69, 9.17) is 4.74 Å². The molecule has 0 unspecified atom stereocenters. The predicted octanol–water partition coefficient (Wildman–Crippen LogP) is 5.08. The lowest BCUT2D eigenvalue weighted by atomic mass is 10.2. The van der Waals surface area contributed by atoms with Crippen LogP contribution < -0.4 is 15.4 Å². The topological polar surface area (TPSA) is 71.4 Å². The highest BCUT2D eigenvalue weighted by atomic mass is 127. The Balaban J connectivity index is 0.00000320. The Bertz CT molecular complexity index is 979. The molecular formula is C21H25FIN5OS. The maximum absolute atomic E-state index is 13.4. The van der Waals surface area contributed by atoms with Crippen LogP contribution in [0.15, 0.2) is 53.0 Å². The van der Waals surface area contributed by atoms with E-state index in [2.05, 4.69) is 44.8 Å². The number of ether oxygens (including phenoxy) is 1. The quantitative estimate of drug-likeness (QED) is 0.248. The second-order valence-corrected chi connectivity index (χ2v) is 7.57. The number of nitrogens with one attached hydrogen (secondary N) is 2. The summed E-state index contributed by atoms with van der Waals surface area (Å²) in [5, 5.41) is 9.60. The van der Waals surface area contributed by atoms with E-state index in [1.807, 2.05) is 12.1 Å². The van der Waals surface area contributed by atoms with Gasteiger partial charge in [0.2, 0.25) is 5.88 Å². The molecule has 160 valence electrons. The van der Waals surface area contributed by atoms with E-state index in [0.717, 1.165) is 16.3 Å². The third-order valence-electron chi connectivity index (χ3n) is 4.10. The second kappa shape index (κ2) is 11.8. The first-order chi connectivity index (χ1) is 14.0. The fourth-order valence-corrected chi connectivity index (χ4v) is 3.42. The number of pyridine rings is 1. The van der Waals surface area contributed by atoms with Gasteiger partial charge in [-0.1, -0.05) is 26.0 Å². The first-order valence-corrected chi connectivity index (χ1v) is 10.2. The van der Waals surface area contributed by atoms with Crippen molar-refractivity contribution < 1.29 is 9.13 Å². The average Bonchev–Trinajstić information content (AvgIpc) is 3.19. The molecule has 30 heavy (non-hydrogen) atoms. The molecule has 3 rings (SSSR count). The highest BCUT2D eigenvalue weighted by molar-refractivity contribution is 14.0. The number of halogens is 2. The number of hydrogen-bond acceptors (Lipinski definition) is 5. The fraction of sp³-hybridized carbons (Fsp3) is 0.286. The first-order valence-electron chi connectivity index (χ1n) is 9.31. The lowest BCUT2D eigenvalue weighted by Crippen LogP contribution is -2.36. The van der Waals surface area contributed by atoms with Crippen molar-refractivity contribution in [3.63, 3.8) is 0 Å². The minimum Gasteiger partial charge on any atom is -0.439 e. The molecule has 0 amide bonds. The standard InChI is InChI=1S/C21H24FN5OS.HI/c1-14(2)18-13-29-19(27-18)12-26-21(23-3)25-11-15-6-5-9-24-20(15)28-17-8-4-7-16(22)10-17;/h4-10,13-14H,11-12H2,1-3H3,(H2,23,25,26);1H. The van der Waals surface area contributed by atoms with Crippen LogP contribution in [0.25, 0.3) is 0 Å². The van der Waals surface area contributed by atoms with Crippen LogP contribution in [0.1, 0.15) is 36.0 Å². The summed E-state index contributed by atoms with van der Waals surface area (Å²) in [6.45, 7) is 5.30. The molecule has 0 saturated carbocycles. The highest BCUT2D eigenvalue weighted by Crippen LogP contribution is 2.23. The van der Waals surface area contributed by atoms with Crippen LogP contribution in [-0.2, 0) is 13.1 Å². The Morgan fingerprint density at radius 3 is 2.70 bits per heavy atom. The zero-order valence-electron chi connectivity index (χ0n) is 17.1. The van der Waals surface area contributed by atoms with Crippen molar-refractivity contribution in [2.24, 2.45) is 4.99 Å². The second-order valence-electron chi connectivity index (χ2n) is 6.63. The number of aromatic nitrogens is 2. The van der Waals surface area contributed by atoms with E-state index in [-0.39, 0.29) is 29.8 Å². The van der Waals surface area contributed by atoms with Gasteiger partial charge >= 0.3 is 0 Å². The number of thiazole rings is 1. The Labute approximate surface area is 197 Å². The summed E-state index contributed by atoms with van der Waals surface area (Å²) >= 11 is 1.63. The molecule has 2 aromatic heterocycles. The molecular weight excluding hydrogens is 516 g/mol. The van der Waals surface area contributed by atoms with Gasteiger partial charge in [0, 0.05) is 36.8 Å². The Morgan fingerprint density at radius 1 is 1.20 bits per heavy atom. The number of guanidine groups is 1. The van der Waals surface area contributed by atoms with E-state index in [9.17, 15) is 4.39 Å². The maximum Gasteiger partial charge on any atom is 0.224 e. The largest absolute Gasteiger partial charge is 0.439 e. The molecule has 3 aromatic rings. The Hall–Kier alpha value is -2.27. The minimum absolute atomic E-state index is 0. The molecule has 2 heterocycles. The van der Waals surface area contributed by atoms with Crippen LogP contribution in [0.5, 0.6) is 11.6 Å². The highest BCUT2D eigenvalue weighted by Gasteiger charge is 2.09. The zero-order valence-corrected chi connectivity index (χ0v) is 20.2. The molecule has 0 bridgehead atoms. The molecule has 0 aliphatic heterocycles. The molecule has 0 atom stereocenters. The van der Waals surface area contributed by atoms with E-state index in [0.29, 0.717) is 36.6 Å². The summed E-state index contributed by atoms with van der Waals surface area (Å²) in [6, 6.07) is 9.71. The van der Waals surface area contributed by atoms with Crippen molar-refractivity contribution in [1.29, 1.82) is 0 Å². The SMILES string of the molecule is CN=C(NCc1nc(C(C)C)cs1)NCc1cccnc1Oc1cccc(F)c1.I. The normalized spacial score (nSPS) is 11.2. The number of hydrogen-bond donors (Lipinski definition) is 2. The summed E-state index contributed by atoms with van der Waals surface area (Å²) in [5.41, 5.74) is 1.93. The van der Waals surface area contributed by atoms with Crippen LogP contribution in [0.2, 0.25) is 0 Å². The van der Waals surface area contributed by atoms with E-state index < -0.39 is 0 Å². The van der Waals surface area contributed by atoms with Gasteiger partial charge in [-0.3, -0.25) is 4.99 Å². The molecule has 9 heteroatoms. The molecule has 6 nitrogen and oxygen atoms in total. The molecule has 0 spiro atoms. The van der Waals surface area contributed by atoms with Gasteiger partial charge < -0.3 is 15.4 Å². The van der Waals surface area contributed by atoms with Crippen LogP contribution in [-0.4, -0.2) is 23.0 Å². The summed E-state index contributed by atoms with van der Waals surface area (Å²) in [5.74, 6) is 1.52. The Kier molecular flexibility index (Phi) is 9.44. The summed E-state index contributed by atoms with van der Waals surface area (Å²) < 4.78 is 19.2. The number of nitrogens with zero attached hydrogens (tertiary/aromatic N) is 3. The van der Waals surface area contributed by atoms with Crippen LogP contribution in [0, 0.1) is 5.82 Å². The van der Waals surface area contributed by atoms with Crippen LogP contribution in [0.4, 0.5) is 4.39 Å². The van der Waals surface area contributed by atoms with Crippen molar-refractivity contribution in [2.75, 3.05) is 7.05 Å². The van der Waals surface area contributed by atoms with Crippen molar-refractivity contribution >= 4 is 41.3 Å². The number of aliphatic imine (C=N–C) groups is 1. The van der Waals surface area contributed by atoms with E-state index in [1.54, 1.807) is 36.7 Å². The van der Waals surface area contributed by atoms with Gasteiger partial charge in [0.15, 0.2) is 5.96 Å². The van der Waals surface area contributed by atoms with Gasteiger partial charge in [0.1, 0.15) is 16.6 Å². The molecule has 2 N–H and O–H groups in total. The minimum atomic E-state index is -0.356. The van der Waals surface area contributed by atoms with Crippen molar-refractivity contribution in [3.8, 4) is 11.6 Å². The van der Waals surface area contributed by atoms with Gasteiger partial charge in [-0.15, -0.1) is 35.3 Å². The van der Waals surface area contributed by atoms with E-state index >= 15 is 0 Å². The van der Waals surface area contributed by atoms with Gasteiger partial charge in [0.25, 0.3) is 0 Å². The lowest BCUT2D eigenvalue weighted by Gasteiger charge is -2.13. The summed E-state index contributed by atoms with van der Waals surface area (Å²) in [4.78, 5) is 13.1. The van der Waals surface area contributed by atoms with Crippen molar-refractivity contribution in [1.82, 2.24) is 20.6 Å². The number of benzene rings is 1. The average molecular weight is 541 g/mol. The van der Waals surface area contributed by atoms with Gasteiger partial charge in [-0.05, 0) is 24.1 Å². The van der Waals surface area contributed by atoms with Crippen molar-refractivity contribution in [2.45, 2.75) is 32.9 Å². The van der Waals surface area contributed by atoms with Gasteiger partial charge in [-0.2, -0.15) is 0 Å². The van der Waals surface area contributed by atoms with Crippen molar-refractivity contribution in [3.05, 3.63) is 70.1 Å². The zero-order chi connectivity index (χ0) is 20.6. The van der Waals surface area contributed by atoms with Crippen LogP contribution in [0.3, 0.4) is 0 Å². The summed E-state index contributed by atoms with van der Waals surface area (Å²) in [6.07, 6.45) is 1.64. The first kappa shape index (κ1) is 24.0. The molecule has 1 aromatic carbocycles. The molecule has 0 aliphatic rings. The van der Waals surface area contributed by atoms with Gasteiger partial charge in [-0.25, -0.2) is 14.4 Å². The fourth-order valence-electron chi connectivity index (χ4n) is 2.52. The number of rotatable bonds is 7. The van der Waals surface area contributed by atoms with E-state index in [1.165, 1.54) is 12.1 Å². The molecule has 0 fully saturated rings. The molecule has 0 saturated heterocycles. The Morgan fingerprint density at radius 2 is 2.00 bits per heavy atom. The van der Waals surface area contributed by atoms with Gasteiger partial charge in [0.05, 0.1) is 12.2 Å².